The van der Waals surface area contributed by atoms with Crippen LogP contribution in [0.5, 0.6) is 0 Å². The van der Waals surface area contributed by atoms with Crippen molar-refractivity contribution in [2.75, 3.05) is 12.3 Å². The lowest BCUT2D eigenvalue weighted by molar-refractivity contribution is -0.0431. The maximum atomic E-state index is 13.6. The van der Waals surface area contributed by atoms with Gasteiger partial charge in [0.05, 0.1) is 18.9 Å². The van der Waals surface area contributed by atoms with Gasteiger partial charge in [0.15, 0.2) is 20.0 Å². The number of aromatic nitrogens is 2. The summed E-state index contributed by atoms with van der Waals surface area (Å²) >= 11 is 0. The molecule has 9 heteroatoms. The number of nitrogens with two attached hydrogens (primary N) is 1. The minimum Gasteiger partial charge on any atom is -0.414 e. The van der Waals surface area contributed by atoms with Gasteiger partial charge in [-0.25, -0.2) is 9.18 Å². The van der Waals surface area contributed by atoms with E-state index in [9.17, 15) is 14.3 Å². The fraction of sp³-hybridized carbons (Fsp3) is 0.733. The maximum absolute atomic E-state index is 13.6. The van der Waals surface area contributed by atoms with E-state index in [1.165, 1.54) is 0 Å². The standard InChI is InChI=1S/C15H26FN3O4Si/c1-4-24(5-2,6-3)22-9-12-11(20)7-13(23-12)19-8-10(16)14(17)18-15(19)21/h8,11-13,20H,4-7,9H2,1-3H3,(H2,17,18,21)/t11-,12+,13+/m0/s1. The zero-order valence-electron chi connectivity index (χ0n) is 14.4. The summed E-state index contributed by atoms with van der Waals surface area (Å²) in [5, 5.41) is 10.2. The van der Waals surface area contributed by atoms with Crippen LogP contribution in [0.3, 0.4) is 0 Å². The minimum absolute atomic E-state index is 0.178. The van der Waals surface area contributed by atoms with Crippen molar-refractivity contribution in [1.82, 2.24) is 9.55 Å². The second kappa shape index (κ2) is 7.73. The average Bonchev–Trinajstić information content (AvgIpc) is 2.93. The van der Waals surface area contributed by atoms with E-state index in [0.29, 0.717) is 0 Å². The highest BCUT2D eigenvalue weighted by molar-refractivity contribution is 6.73. The summed E-state index contributed by atoms with van der Waals surface area (Å²) in [6, 6.07) is 3.00. The Morgan fingerprint density at radius 1 is 1.46 bits per heavy atom. The number of halogens is 1. The van der Waals surface area contributed by atoms with E-state index in [-0.39, 0.29) is 13.0 Å². The van der Waals surface area contributed by atoms with Crippen LogP contribution in [0.25, 0.3) is 0 Å². The zero-order valence-corrected chi connectivity index (χ0v) is 15.4. The SMILES string of the molecule is CC[Si](CC)(CC)OC[C@H]1O[C@@H](n2cc(F)c(N)nc2=O)C[C@@H]1O. The van der Waals surface area contributed by atoms with E-state index in [4.69, 9.17) is 14.9 Å². The normalized spacial score (nSPS) is 24.5. The Balaban J connectivity index is 2.07. The van der Waals surface area contributed by atoms with Gasteiger partial charge in [0.1, 0.15) is 12.3 Å². The Morgan fingerprint density at radius 2 is 2.08 bits per heavy atom. The summed E-state index contributed by atoms with van der Waals surface area (Å²) in [6.07, 6.45) is -0.949. The van der Waals surface area contributed by atoms with E-state index >= 15 is 0 Å². The predicted octanol–water partition coefficient (Wildman–Crippen LogP) is 1.63. The molecule has 0 aromatic carbocycles. The first-order chi connectivity index (χ1) is 11.4. The van der Waals surface area contributed by atoms with Crippen LogP contribution >= 0.6 is 0 Å². The van der Waals surface area contributed by atoms with Crippen molar-refractivity contribution in [3.05, 3.63) is 22.5 Å². The van der Waals surface area contributed by atoms with Crippen LogP contribution < -0.4 is 11.4 Å². The van der Waals surface area contributed by atoms with Crippen LogP contribution in [0.15, 0.2) is 11.0 Å². The van der Waals surface area contributed by atoms with E-state index in [2.05, 4.69) is 25.8 Å². The van der Waals surface area contributed by atoms with Gasteiger partial charge in [0.25, 0.3) is 0 Å². The Labute approximate surface area is 141 Å². The number of aliphatic hydroxyl groups is 1. The molecule has 0 bridgehead atoms. The highest BCUT2D eigenvalue weighted by Gasteiger charge is 2.38. The second-order valence-electron chi connectivity index (χ2n) is 6.15. The molecule has 3 atom stereocenters. The number of nitrogen functional groups attached to an aromatic ring is 1. The van der Waals surface area contributed by atoms with Crippen molar-refractivity contribution in [2.24, 2.45) is 0 Å². The Hall–Kier alpha value is -1.29. The topological polar surface area (TPSA) is 99.6 Å². The highest BCUT2D eigenvalue weighted by Crippen LogP contribution is 2.30. The van der Waals surface area contributed by atoms with Gasteiger partial charge in [-0.1, -0.05) is 20.8 Å². The number of aliphatic hydroxyl groups excluding tert-OH is 1. The molecule has 1 aliphatic rings. The van der Waals surface area contributed by atoms with Gasteiger partial charge < -0.3 is 20.0 Å². The van der Waals surface area contributed by atoms with Crippen LogP contribution in [0.1, 0.15) is 33.4 Å². The maximum Gasteiger partial charge on any atom is 0.351 e. The summed E-state index contributed by atoms with van der Waals surface area (Å²) < 4.78 is 26.5. The molecule has 0 radical (unpaired) electrons. The Bertz CT molecular complexity index is 615. The third-order valence-electron chi connectivity index (χ3n) is 4.94. The third-order valence-corrected chi connectivity index (χ3v) is 9.58. The number of hydrogen-bond donors (Lipinski definition) is 2. The summed E-state index contributed by atoms with van der Waals surface area (Å²) in [7, 11) is -1.79. The molecular weight excluding hydrogens is 333 g/mol. The molecule has 24 heavy (non-hydrogen) atoms. The van der Waals surface area contributed by atoms with Crippen LogP contribution in [-0.4, -0.2) is 41.8 Å². The van der Waals surface area contributed by atoms with Crippen molar-refractivity contribution in [1.29, 1.82) is 0 Å². The average molecular weight is 359 g/mol. The number of ether oxygens (including phenoxy) is 1. The number of anilines is 1. The third kappa shape index (κ3) is 3.85. The number of rotatable bonds is 7. The van der Waals surface area contributed by atoms with Gasteiger partial charge in [-0.15, -0.1) is 0 Å². The predicted molar refractivity (Wildman–Crippen MR) is 90.6 cm³/mol. The van der Waals surface area contributed by atoms with Crippen molar-refractivity contribution >= 4 is 14.1 Å². The summed E-state index contributed by atoms with van der Waals surface area (Å²) in [4.78, 5) is 15.3. The molecule has 3 N–H and O–H groups in total. The Morgan fingerprint density at radius 3 is 2.67 bits per heavy atom. The first kappa shape index (κ1) is 19.0. The monoisotopic (exact) mass is 359 g/mol. The molecule has 2 heterocycles. The van der Waals surface area contributed by atoms with Crippen LogP contribution in [0, 0.1) is 5.82 Å². The molecule has 1 aliphatic heterocycles. The molecule has 7 nitrogen and oxygen atoms in total. The lowest BCUT2D eigenvalue weighted by atomic mass is 10.2. The highest BCUT2D eigenvalue weighted by atomic mass is 28.4. The number of nitrogens with zero attached hydrogens (tertiary/aromatic N) is 2. The molecule has 0 unspecified atom stereocenters. The van der Waals surface area contributed by atoms with Gasteiger partial charge in [0.2, 0.25) is 0 Å². The zero-order chi connectivity index (χ0) is 17.9. The minimum atomic E-state index is -1.79. The van der Waals surface area contributed by atoms with E-state index in [1.807, 2.05) is 0 Å². The van der Waals surface area contributed by atoms with E-state index in [1.54, 1.807) is 0 Å². The summed E-state index contributed by atoms with van der Waals surface area (Å²) in [5.74, 6) is -1.24. The molecule has 1 fully saturated rings. The van der Waals surface area contributed by atoms with Crippen LogP contribution in [0.2, 0.25) is 18.1 Å². The van der Waals surface area contributed by atoms with E-state index in [0.717, 1.165) is 28.9 Å². The van der Waals surface area contributed by atoms with Gasteiger partial charge in [-0.05, 0) is 18.1 Å². The molecule has 2 rings (SSSR count). The first-order valence-corrected chi connectivity index (χ1v) is 10.9. The summed E-state index contributed by atoms with van der Waals surface area (Å²) in [6.45, 7) is 6.64. The smallest absolute Gasteiger partial charge is 0.351 e. The first-order valence-electron chi connectivity index (χ1n) is 8.37. The largest absolute Gasteiger partial charge is 0.414 e. The van der Waals surface area contributed by atoms with Gasteiger partial charge in [0, 0.05) is 6.42 Å². The summed E-state index contributed by atoms with van der Waals surface area (Å²) in [5.41, 5.74) is 4.58. The van der Waals surface area contributed by atoms with Crippen LogP contribution in [-0.2, 0) is 9.16 Å². The fourth-order valence-corrected chi connectivity index (χ4v) is 5.65. The van der Waals surface area contributed by atoms with Gasteiger partial charge >= 0.3 is 5.69 Å². The Kier molecular flexibility index (Phi) is 6.13. The quantitative estimate of drug-likeness (QED) is 0.718. The van der Waals surface area contributed by atoms with Crippen molar-refractivity contribution in [3.8, 4) is 0 Å². The lowest BCUT2D eigenvalue weighted by Crippen LogP contribution is -2.40. The van der Waals surface area contributed by atoms with Crippen molar-refractivity contribution < 1.29 is 18.7 Å². The molecule has 1 saturated heterocycles. The second-order valence-corrected chi connectivity index (χ2v) is 10.9. The lowest BCUT2D eigenvalue weighted by Gasteiger charge is -2.30. The molecule has 0 saturated carbocycles. The van der Waals surface area contributed by atoms with Crippen LogP contribution in [0.4, 0.5) is 10.2 Å². The number of hydrogen-bond acceptors (Lipinski definition) is 6. The molecule has 1 aromatic rings. The molecule has 0 amide bonds. The van der Waals surface area contributed by atoms with Crippen molar-refractivity contribution in [2.45, 2.75) is 63.8 Å². The van der Waals surface area contributed by atoms with E-state index < -0.39 is 44.1 Å². The van der Waals surface area contributed by atoms with Gasteiger partial charge in [-0.2, -0.15) is 4.98 Å². The molecule has 1 aromatic heterocycles. The van der Waals surface area contributed by atoms with Gasteiger partial charge in [-0.3, -0.25) is 4.57 Å². The molecule has 0 spiro atoms. The fourth-order valence-electron chi connectivity index (χ4n) is 3.01. The molecule has 0 aliphatic carbocycles. The molecular formula is C15H26FN3O4Si. The van der Waals surface area contributed by atoms with Crippen molar-refractivity contribution in [3.63, 3.8) is 0 Å². The molecule has 136 valence electrons.